The van der Waals surface area contributed by atoms with Crippen LogP contribution in [0.2, 0.25) is 5.02 Å². The van der Waals surface area contributed by atoms with Crippen LogP contribution < -0.4 is 10.1 Å². The van der Waals surface area contributed by atoms with Gasteiger partial charge in [-0.3, -0.25) is 0 Å². The molecule has 0 radical (unpaired) electrons. The van der Waals surface area contributed by atoms with Crippen molar-refractivity contribution in [3.8, 4) is 5.75 Å². The molecule has 1 N–H and O–H groups in total. The van der Waals surface area contributed by atoms with E-state index in [1.807, 2.05) is 24.3 Å². The molecule has 2 nitrogen and oxygen atoms in total. The number of benzene rings is 1. The summed E-state index contributed by atoms with van der Waals surface area (Å²) in [5, 5.41) is 4.22. The molecule has 0 aliphatic heterocycles. The summed E-state index contributed by atoms with van der Waals surface area (Å²) < 4.78 is 5.60. The van der Waals surface area contributed by atoms with E-state index >= 15 is 0 Å². The van der Waals surface area contributed by atoms with Gasteiger partial charge in [0, 0.05) is 11.1 Å². The molecule has 0 saturated heterocycles. The van der Waals surface area contributed by atoms with Crippen molar-refractivity contribution >= 4 is 11.6 Å². The largest absolute Gasteiger partial charge is 0.494 e. The Kier molecular flexibility index (Phi) is 4.49. The molecule has 0 heterocycles. The lowest BCUT2D eigenvalue weighted by molar-refractivity contribution is 0.306. The molecule has 0 spiro atoms. The topological polar surface area (TPSA) is 21.3 Å². The van der Waals surface area contributed by atoms with Gasteiger partial charge in [-0.05, 0) is 50.4 Å². The Labute approximate surface area is 102 Å². The van der Waals surface area contributed by atoms with Gasteiger partial charge in [-0.25, -0.2) is 0 Å². The van der Waals surface area contributed by atoms with E-state index in [2.05, 4.69) is 5.32 Å². The predicted molar refractivity (Wildman–Crippen MR) is 67.2 cm³/mol. The van der Waals surface area contributed by atoms with Gasteiger partial charge in [-0.1, -0.05) is 17.7 Å². The zero-order chi connectivity index (χ0) is 11.2. The molecule has 88 valence electrons. The van der Waals surface area contributed by atoms with E-state index in [1.54, 1.807) is 0 Å². The first kappa shape index (κ1) is 11.7. The average Bonchev–Trinajstić information content (AvgIpc) is 3.07. The van der Waals surface area contributed by atoms with E-state index in [0.717, 1.165) is 36.4 Å². The molecule has 2 rings (SSSR count). The minimum atomic E-state index is 0.730. The lowest BCUT2D eigenvalue weighted by Gasteiger charge is -2.06. The molecule has 0 atom stereocenters. The van der Waals surface area contributed by atoms with Gasteiger partial charge in [0.05, 0.1) is 6.61 Å². The molecule has 0 unspecified atom stereocenters. The third-order valence-electron chi connectivity index (χ3n) is 2.65. The summed E-state index contributed by atoms with van der Waals surface area (Å²) in [4.78, 5) is 0. The van der Waals surface area contributed by atoms with Crippen LogP contribution in [-0.2, 0) is 0 Å². The number of nitrogens with one attached hydrogen (secondary N) is 1. The van der Waals surface area contributed by atoms with Crippen molar-refractivity contribution in [2.75, 3.05) is 13.2 Å². The summed E-state index contributed by atoms with van der Waals surface area (Å²) in [5.74, 6) is 0.864. The van der Waals surface area contributed by atoms with E-state index in [0.29, 0.717) is 0 Å². The lowest BCUT2D eigenvalue weighted by Crippen LogP contribution is -2.17. The maximum absolute atomic E-state index is 5.86. The molecule has 1 aliphatic rings. The molecule has 1 aromatic rings. The van der Waals surface area contributed by atoms with Crippen LogP contribution in [0.4, 0.5) is 0 Å². The number of hydrogen-bond acceptors (Lipinski definition) is 2. The fraction of sp³-hybridized carbons (Fsp3) is 0.538. The van der Waals surface area contributed by atoms with Crippen LogP contribution in [0.5, 0.6) is 5.75 Å². The Morgan fingerprint density at radius 3 is 2.94 bits per heavy atom. The van der Waals surface area contributed by atoms with Crippen molar-refractivity contribution in [3.05, 3.63) is 29.3 Å². The Balaban J connectivity index is 1.53. The summed E-state index contributed by atoms with van der Waals surface area (Å²) in [5.41, 5.74) is 0. The van der Waals surface area contributed by atoms with Gasteiger partial charge in [0.25, 0.3) is 0 Å². The van der Waals surface area contributed by atoms with Gasteiger partial charge in [0.1, 0.15) is 5.75 Å². The molecule has 3 heteroatoms. The fourth-order valence-electron chi connectivity index (χ4n) is 1.57. The number of unbranched alkanes of at least 4 members (excludes halogenated alkanes) is 1. The van der Waals surface area contributed by atoms with Crippen LogP contribution in [-0.4, -0.2) is 19.2 Å². The van der Waals surface area contributed by atoms with Crippen LogP contribution >= 0.6 is 11.6 Å². The fourth-order valence-corrected chi connectivity index (χ4v) is 1.75. The van der Waals surface area contributed by atoms with E-state index in [1.165, 1.54) is 19.3 Å². The number of rotatable bonds is 7. The Morgan fingerprint density at radius 1 is 1.31 bits per heavy atom. The first-order valence-corrected chi connectivity index (χ1v) is 6.34. The van der Waals surface area contributed by atoms with Gasteiger partial charge >= 0.3 is 0 Å². The van der Waals surface area contributed by atoms with Gasteiger partial charge in [-0.15, -0.1) is 0 Å². The second kappa shape index (κ2) is 6.12. The SMILES string of the molecule is Clc1cccc(OCCCCNC2CC2)c1. The van der Waals surface area contributed by atoms with Crippen molar-refractivity contribution in [1.29, 1.82) is 0 Å². The van der Waals surface area contributed by atoms with Crippen molar-refractivity contribution in [1.82, 2.24) is 5.32 Å². The molecule has 16 heavy (non-hydrogen) atoms. The molecule has 1 saturated carbocycles. The normalized spacial score (nSPS) is 15.1. The summed E-state index contributed by atoms with van der Waals surface area (Å²) in [7, 11) is 0. The predicted octanol–water partition coefficient (Wildman–Crippen LogP) is 3.25. The molecule has 0 amide bonds. The molecule has 1 aromatic carbocycles. The van der Waals surface area contributed by atoms with Crippen LogP contribution in [0.3, 0.4) is 0 Å². The number of hydrogen-bond donors (Lipinski definition) is 1. The molecule has 0 aromatic heterocycles. The van der Waals surface area contributed by atoms with Crippen molar-refractivity contribution < 1.29 is 4.74 Å². The Morgan fingerprint density at radius 2 is 2.19 bits per heavy atom. The monoisotopic (exact) mass is 239 g/mol. The summed E-state index contributed by atoms with van der Waals surface area (Å²) in [6, 6.07) is 8.37. The van der Waals surface area contributed by atoms with E-state index in [9.17, 15) is 0 Å². The average molecular weight is 240 g/mol. The molecular formula is C13H18ClNO. The minimum absolute atomic E-state index is 0.730. The van der Waals surface area contributed by atoms with E-state index in [4.69, 9.17) is 16.3 Å². The molecule has 1 aliphatic carbocycles. The van der Waals surface area contributed by atoms with Crippen LogP contribution in [0.15, 0.2) is 24.3 Å². The minimum Gasteiger partial charge on any atom is -0.494 e. The Bertz CT molecular complexity index is 325. The van der Waals surface area contributed by atoms with E-state index < -0.39 is 0 Å². The highest BCUT2D eigenvalue weighted by Crippen LogP contribution is 2.19. The van der Waals surface area contributed by atoms with Crippen LogP contribution in [0.25, 0.3) is 0 Å². The number of ether oxygens (including phenoxy) is 1. The van der Waals surface area contributed by atoms with Crippen LogP contribution in [0, 0.1) is 0 Å². The lowest BCUT2D eigenvalue weighted by atomic mass is 10.3. The maximum atomic E-state index is 5.86. The second-order valence-electron chi connectivity index (χ2n) is 4.24. The van der Waals surface area contributed by atoms with E-state index in [-0.39, 0.29) is 0 Å². The first-order chi connectivity index (χ1) is 7.84. The van der Waals surface area contributed by atoms with Gasteiger partial charge < -0.3 is 10.1 Å². The quantitative estimate of drug-likeness (QED) is 0.738. The molecular weight excluding hydrogens is 222 g/mol. The van der Waals surface area contributed by atoms with Crippen molar-refractivity contribution in [3.63, 3.8) is 0 Å². The highest BCUT2D eigenvalue weighted by Gasteiger charge is 2.19. The van der Waals surface area contributed by atoms with Crippen LogP contribution in [0.1, 0.15) is 25.7 Å². The second-order valence-corrected chi connectivity index (χ2v) is 4.68. The first-order valence-electron chi connectivity index (χ1n) is 5.96. The third kappa shape index (κ3) is 4.42. The van der Waals surface area contributed by atoms with Gasteiger partial charge in [0.15, 0.2) is 0 Å². The Hall–Kier alpha value is -0.730. The highest BCUT2D eigenvalue weighted by molar-refractivity contribution is 6.30. The van der Waals surface area contributed by atoms with Gasteiger partial charge in [-0.2, -0.15) is 0 Å². The summed E-state index contributed by atoms with van der Waals surface area (Å²) >= 11 is 5.86. The standard InChI is InChI=1S/C13H18ClNO/c14-11-4-3-5-13(10-11)16-9-2-1-8-15-12-6-7-12/h3-5,10,12,15H,1-2,6-9H2. The smallest absolute Gasteiger partial charge is 0.120 e. The molecule has 0 bridgehead atoms. The maximum Gasteiger partial charge on any atom is 0.120 e. The highest BCUT2D eigenvalue weighted by atomic mass is 35.5. The third-order valence-corrected chi connectivity index (χ3v) is 2.88. The van der Waals surface area contributed by atoms with Crippen molar-refractivity contribution in [2.45, 2.75) is 31.7 Å². The zero-order valence-corrected chi connectivity index (χ0v) is 10.2. The summed E-state index contributed by atoms with van der Waals surface area (Å²) in [6.07, 6.45) is 4.99. The van der Waals surface area contributed by atoms with Crippen molar-refractivity contribution in [2.24, 2.45) is 0 Å². The zero-order valence-electron chi connectivity index (χ0n) is 9.42. The van der Waals surface area contributed by atoms with Gasteiger partial charge in [0.2, 0.25) is 0 Å². The molecule has 1 fully saturated rings. The number of halogens is 1. The summed E-state index contributed by atoms with van der Waals surface area (Å²) in [6.45, 7) is 1.89.